The fraction of sp³-hybridized carbons (Fsp3) is 1.00. The minimum absolute atomic E-state index is 1.07. The standard InChI is InChI=1S/C11H24.C8H20N4/c1-3-5-7-9-11-10-8-6-4-2;1-2-10-5-6-12-8-7-11-4-3-9-1/h3-11H2,1-2H3;9-12H,1-8H2. The van der Waals surface area contributed by atoms with E-state index in [0.29, 0.717) is 0 Å². The van der Waals surface area contributed by atoms with E-state index < -0.39 is 0 Å². The Labute approximate surface area is 146 Å². The summed E-state index contributed by atoms with van der Waals surface area (Å²) in [4.78, 5) is 0. The maximum Gasteiger partial charge on any atom is 0.00772 e. The van der Waals surface area contributed by atoms with Gasteiger partial charge in [-0.15, -0.1) is 0 Å². The summed E-state index contributed by atoms with van der Waals surface area (Å²) in [5.41, 5.74) is 0. The van der Waals surface area contributed by atoms with Gasteiger partial charge < -0.3 is 21.3 Å². The molecule has 1 saturated heterocycles. The first-order chi connectivity index (χ1) is 11.4. The molecule has 0 aromatic rings. The van der Waals surface area contributed by atoms with Crippen molar-refractivity contribution in [2.75, 3.05) is 52.4 Å². The molecule has 0 amide bonds. The summed E-state index contributed by atoms with van der Waals surface area (Å²) in [6.45, 7) is 13.1. The zero-order chi connectivity index (χ0) is 16.8. The maximum atomic E-state index is 3.36. The van der Waals surface area contributed by atoms with Gasteiger partial charge in [0.25, 0.3) is 0 Å². The number of unbranched alkanes of at least 4 members (excludes halogenated alkanes) is 8. The van der Waals surface area contributed by atoms with Crippen LogP contribution in [0, 0.1) is 0 Å². The summed E-state index contributed by atoms with van der Waals surface area (Å²) in [6, 6.07) is 0. The van der Waals surface area contributed by atoms with Gasteiger partial charge in [0.05, 0.1) is 0 Å². The van der Waals surface area contributed by atoms with Crippen molar-refractivity contribution in [2.24, 2.45) is 0 Å². The van der Waals surface area contributed by atoms with Crippen LogP contribution in [-0.2, 0) is 0 Å². The SMILES string of the molecule is C1CNCCNCCNCCN1.CCCCCCCCCCC. The van der Waals surface area contributed by atoms with E-state index in [1.165, 1.54) is 57.8 Å². The topological polar surface area (TPSA) is 48.1 Å². The van der Waals surface area contributed by atoms with Gasteiger partial charge in [-0.25, -0.2) is 0 Å². The highest BCUT2D eigenvalue weighted by molar-refractivity contribution is 4.59. The summed E-state index contributed by atoms with van der Waals surface area (Å²) in [5.74, 6) is 0. The number of hydrogen-bond donors (Lipinski definition) is 4. The fourth-order valence-electron chi connectivity index (χ4n) is 2.59. The lowest BCUT2D eigenvalue weighted by Gasteiger charge is -2.11. The molecule has 0 bridgehead atoms. The molecule has 0 unspecified atom stereocenters. The third kappa shape index (κ3) is 21.8. The predicted octanol–water partition coefficient (Wildman–Crippen LogP) is 2.90. The van der Waals surface area contributed by atoms with Crippen LogP contribution in [0.3, 0.4) is 0 Å². The van der Waals surface area contributed by atoms with Gasteiger partial charge in [0.1, 0.15) is 0 Å². The monoisotopic (exact) mass is 328 g/mol. The molecule has 0 spiro atoms. The van der Waals surface area contributed by atoms with Gasteiger partial charge in [0.2, 0.25) is 0 Å². The first kappa shape index (κ1) is 22.8. The molecule has 4 N–H and O–H groups in total. The van der Waals surface area contributed by atoms with Crippen LogP contribution in [0.25, 0.3) is 0 Å². The number of hydrogen-bond acceptors (Lipinski definition) is 4. The van der Waals surface area contributed by atoms with Crippen LogP contribution >= 0.6 is 0 Å². The largest absolute Gasteiger partial charge is 0.314 e. The molecule has 1 heterocycles. The van der Waals surface area contributed by atoms with Crippen molar-refractivity contribution in [3.63, 3.8) is 0 Å². The zero-order valence-corrected chi connectivity index (χ0v) is 16.0. The Morgan fingerprint density at radius 1 is 0.391 bits per heavy atom. The van der Waals surface area contributed by atoms with Gasteiger partial charge in [-0.05, 0) is 0 Å². The summed E-state index contributed by atoms with van der Waals surface area (Å²) in [6.07, 6.45) is 13.0. The van der Waals surface area contributed by atoms with Gasteiger partial charge >= 0.3 is 0 Å². The summed E-state index contributed by atoms with van der Waals surface area (Å²) in [7, 11) is 0. The fourth-order valence-corrected chi connectivity index (χ4v) is 2.59. The van der Waals surface area contributed by atoms with Crippen molar-refractivity contribution in [3.05, 3.63) is 0 Å². The Morgan fingerprint density at radius 3 is 0.826 bits per heavy atom. The van der Waals surface area contributed by atoms with Crippen LogP contribution in [0.4, 0.5) is 0 Å². The van der Waals surface area contributed by atoms with Crippen molar-refractivity contribution in [1.29, 1.82) is 0 Å². The smallest absolute Gasteiger partial charge is 0.00772 e. The molecule has 0 radical (unpaired) electrons. The first-order valence-corrected chi connectivity index (χ1v) is 10.2. The molecule has 23 heavy (non-hydrogen) atoms. The van der Waals surface area contributed by atoms with Crippen molar-refractivity contribution in [3.8, 4) is 0 Å². The minimum atomic E-state index is 1.07. The average Bonchev–Trinajstić information content (AvgIpc) is 2.55. The highest BCUT2D eigenvalue weighted by Gasteiger charge is 1.92. The Hall–Kier alpha value is -0.160. The van der Waals surface area contributed by atoms with Crippen molar-refractivity contribution >= 4 is 0 Å². The first-order valence-electron chi connectivity index (χ1n) is 10.2. The van der Waals surface area contributed by atoms with Crippen LogP contribution in [0.5, 0.6) is 0 Å². The van der Waals surface area contributed by atoms with E-state index in [4.69, 9.17) is 0 Å². The molecule has 1 aliphatic rings. The molecule has 0 saturated carbocycles. The van der Waals surface area contributed by atoms with Crippen molar-refractivity contribution in [2.45, 2.75) is 71.6 Å². The third-order valence-electron chi connectivity index (χ3n) is 4.12. The Balaban J connectivity index is 0.000000423. The number of rotatable bonds is 8. The van der Waals surface area contributed by atoms with E-state index in [-0.39, 0.29) is 0 Å². The van der Waals surface area contributed by atoms with Crippen LogP contribution in [-0.4, -0.2) is 52.4 Å². The summed E-state index contributed by atoms with van der Waals surface area (Å²) in [5, 5.41) is 13.4. The zero-order valence-electron chi connectivity index (χ0n) is 16.0. The molecule has 1 aliphatic heterocycles. The maximum absolute atomic E-state index is 3.36. The van der Waals surface area contributed by atoms with E-state index in [1.54, 1.807) is 0 Å². The van der Waals surface area contributed by atoms with E-state index in [0.717, 1.165) is 52.4 Å². The third-order valence-corrected chi connectivity index (χ3v) is 4.12. The second-order valence-electron chi connectivity index (χ2n) is 6.47. The summed E-state index contributed by atoms with van der Waals surface area (Å²) >= 11 is 0. The highest BCUT2D eigenvalue weighted by atomic mass is 15.0. The van der Waals surface area contributed by atoms with Gasteiger partial charge in [-0.1, -0.05) is 71.6 Å². The Bertz CT molecular complexity index is 149. The molecule has 0 aromatic heterocycles. The molecule has 1 rings (SSSR count). The van der Waals surface area contributed by atoms with Crippen molar-refractivity contribution in [1.82, 2.24) is 21.3 Å². The number of nitrogens with one attached hydrogen (secondary N) is 4. The van der Waals surface area contributed by atoms with Crippen LogP contribution in [0.15, 0.2) is 0 Å². The average molecular weight is 329 g/mol. The Morgan fingerprint density at radius 2 is 0.609 bits per heavy atom. The second kappa shape index (κ2) is 21.8. The lowest BCUT2D eigenvalue weighted by molar-refractivity contribution is 0.534. The second-order valence-corrected chi connectivity index (χ2v) is 6.47. The van der Waals surface area contributed by atoms with E-state index in [1.807, 2.05) is 0 Å². The highest BCUT2D eigenvalue weighted by Crippen LogP contribution is 2.08. The Kier molecular flexibility index (Phi) is 21.7. The summed E-state index contributed by atoms with van der Waals surface area (Å²) < 4.78 is 0. The van der Waals surface area contributed by atoms with Crippen LogP contribution in [0.2, 0.25) is 0 Å². The van der Waals surface area contributed by atoms with Crippen LogP contribution in [0.1, 0.15) is 71.6 Å². The normalized spacial score (nSPS) is 17.5. The molecule has 0 atom stereocenters. The van der Waals surface area contributed by atoms with Crippen LogP contribution < -0.4 is 21.3 Å². The van der Waals surface area contributed by atoms with Crippen molar-refractivity contribution < 1.29 is 0 Å². The molecule has 1 fully saturated rings. The van der Waals surface area contributed by atoms with Gasteiger partial charge in [-0.3, -0.25) is 0 Å². The predicted molar refractivity (Wildman–Crippen MR) is 104 cm³/mol. The van der Waals surface area contributed by atoms with Gasteiger partial charge in [0.15, 0.2) is 0 Å². The minimum Gasteiger partial charge on any atom is -0.314 e. The molecule has 4 nitrogen and oxygen atoms in total. The molecular weight excluding hydrogens is 284 g/mol. The van der Waals surface area contributed by atoms with E-state index >= 15 is 0 Å². The quantitative estimate of drug-likeness (QED) is 0.518. The molecule has 0 aromatic carbocycles. The lowest BCUT2D eigenvalue weighted by Crippen LogP contribution is -2.39. The van der Waals surface area contributed by atoms with E-state index in [2.05, 4.69) is 35.1 Å². The van der Waals surface area contributed by atoms with E-state index in [9.17, 15) is 0 Å². The van der Waals surface area contributed by atoms with Gasteiger partial charge in [-0.2, -0.15) is 0 Å². The lowest BCUT2D eigenvalue weighted by atomic mass is 10.1. The molecule has 140 valence electrons. The molecule has 0 aliphatic carbocycles. The molecule has 4 heteroatoms. The van der Waals surface area contributed by atoms with Gasteiger partial charge in [0, 0.05) is 52.4 Å². The molecular formula is C19H44N4.